The first-order valence-electron chi connectivity index (χ1n) is 6.14. The Morgan fingerprint density at radius 1 is 1.47 bits per heavy atom. The summed E-state index contributed by atoms with van der Waals surface area (Å²) in [5.74, 6) is -0.175. The summed E-state index contributed by atoms with van der Waals surface area (Å²) in [5, 5.41) is 13.8. The van der Waals surface area contributed by atoms with Gasteiger partial charge in [0, 0.05) is 6.42 Å². The van der Waals surface area contributed by atoms with Gasteiger partial charge in [0.1, 0.15) is 4.88 Å². The van der Waals surface area contributed by atoms with Gasteiger partial charge in [0.05, 0.1) is 23.4 Å². The molecule has 0 aliphatic heterocycles. The molecule has 98 valence electrons. The molecule has 0 saturated heterocycles. The predicted molar refractivity (Wildman–Crippen MR) is 73.2 cm³/mol. The average Bonchev–Trinajstić information content (AvgIpc) is 2.95. The topological polar surface area (TPSA) is 62.2 Å². The lowest BCUT2D eigenvalue weighted by molar-refractivity contribution is 0.0862. The molecule has 2 atom stereocenters. The van der Waals surface area contributed by atoms with Crippen molar-refractivity contribution in [2.24, 2.45) is 0 Å². The SMILES string of the molecule is Cc1ncc(C(=O)N[C@@H]2c3ccccc3C[C@@H]2O)s1. The Balaban J connectivity index is 1.82. The van der Waals surface area contributed by atoms with Crippen LogP contribution in [-0.2, 0) is 6.42 Å². The molecule has 1 aliphatic rings. The lowest BCUT2D eigenvalue weighted by Gasteiger charge is -2.17. The van der Waals surface area contributed by atoms with Gasteiger partial charge in [0.2, 0.25) is 0 Å². The number of hydrogen-bond donors (Lipinski definition) is 2. The van der Waals surface area contributed by atoms with E-state index >= 15 is 0 Å². The van der Waals surface area contributed by atoms with E-state index in [2.05, 4.69) is 10.3 Å². The number of benzene rings is 1. The number of aliphatic hydroxyl groups excluding tert-OH is 1. The van der Waals surface area contributed by atoms with Crippen LogP contribution in [0, 0.1) is 6.92 Å². The van der Waals surface area contributed by atoms with E-state index in [1.165, 1.54) is 11.3 Å². The molecule has 0 spiro atoms. The van der Waals surface area contributed by atoms with E-state index in [0.29, 0.717) is 11.3 Å². The van der Waals surface area contributed by atoms with Gasteiger partial charge >= 0.3 is 0 Å². The number of aromatic nitrogens is 1. The van der Waals surface area contributed by atoms with Gasteiger partial charge < -0.3 is 10.4 Å². The van der Waals surface area contributed by atoms with Crippen molar-refractivity contribution in [3.63, 3.8) is 0 Å². The number of fused-ring (bicyclic) bond motifs is 1. The molecular weight excluding hydrogens is 260 g/mol. The van der Waals surface area contributed by atoms with E-state index < -0.39 is 6.10 Å². The molecule has 0 fully saturated rings. The molecular formula is C14H14N2O2S. The second-order valence-corrected chi connectivity index (χ2v) is 5.90. The van der Waals surface area contributed by atoms with Crippen LogP contribution in [-0.4, -0.2) is 22.1 Å². The third-order valence-electron chi connectivity index (χ3n) is 3.34. The van der Waals surface area contributed by atoms with Gasteiger partial charge in [-0.1, -0.05) is 24.3 Å². The number of nitrogens with zero attached hydrogens (tertiary/aromatic N) is 1. The summed E-state index contributed by atoms with van der Waals surface area (Å²) < 4.78 is 0. The number of carbonyl (C=O) groups is 1. The molecule has 3 rings (SSSR count). The number of thiazole rings is 1. The molecule has 0 radical (unpaired) electrons. The van der Waals surface area contributed by atoms with Gasteiger partial charge in [-0.15, -0.1) is 11.3 Å². The molecule has 1 aromatic carbocycles. The summed E-state index contributed by atoms with van der Waals surface area (Å²) in [6, 6.07) is 7.48. The standard InChI is InChI=1S/C14H14N2O2S/c1-8-15-7-12(19-8)14(18)16-13-10-5-3-2-4-9(10)6-11(13)17/h2-5,7,11,13,17H,6H2,1H3,(H,16,18)/t11-,13+/m0/s1. The Kier molecular flexibility index (Phi) is 3.08. The van der Waals surface area contributed by atoms with Crippen molar-refractivity contribution < 1.29 is 9.90 Å². The molecule has 4 nitrogen and oxygen atoms in total. The van der Waals surface area contributed by atoms with Crippen LogP contribution in [0.2, 0.25) is 0 Å². The molecule has 1 amide bonds. The maximum atomic E-state index is 12.1. The number of hydrogen-bond acceptors (Lipinski definition) is 4. The van der Waals surface area contributed by atoms with Crippen molar-refractivity contribution in [2.45, 2.75) is 25.5 Å². The summed E-state index contributed by atoms with van der Waals surface area (Å²) in [5.41, 5.74) is 2.10. The Hall–Kier alpha value is -1.72. The summed E-state index contributed by atoms with van der Waals surface area (Å²) in [6.45, 7) is 1.86. The Labute approximate surface area is 115 Å². The van der Waals surface area contributed by atoms with Crippen LogP contribution >= 0.6 is 11.3 Å². The lowest BCUT2D eigenvalue weighted by atomic mass is 10.1. The van der Waals surface area contributed by atoms with E-state index in [1.807, 2.05) is 31.2 Å². The van der Waals surface area contributed by atoms with Gasteiger partial charge in [0.15, 0.2) is 0 Å². The minimum absolute atomic E-state index is 0.175. The minimum atomic E-state index is -0.560. The molecule has 2 aromatic rings. The maximum Gasteiger partial charge on any atom is 0.263 e. The minimum Gasteiger partial charge on any atom is -0.390 e. The zero-order valence-electron chi connectivity index (χ0n) is 10.5. The molecule has 5 heteroatoms. The zero-order valence-corrected chi connectivity index (χ0v) is 11.3. The summed E-state index contributed by atoms with van der Waals surface area (Å²) in [7, 11) is 0. The first-order valence-corrected chi connectivity index (χ1v) is 6.96. The monoisotopic (exact) mass is 274 g/mol. The number of nitrogens with one attached hydrogen (secondary N) is 1. The van der Waals surface area contributed by atoms with Crippen LogP contribution in [0.4, 0.5) is 0 Å². The Bertz CT molecular complexity index is 623. The number of aliphatic hydroxyl groups is 1. The molecule has 19 heavy (non-hydrogen) atoms. The highest BCUT2D eigenvalue weighted by Crippen LogP contribution is 2.31. The second kappa shape index (κ2) is 4.75. The fraction of sp³-hybridized carbons (Fsp3) is 0.286. The normalized spacial score (nSPS) is 21.2. The molecule has 2 N–H and O–H groups in total. The number of rotatable bonds is 2. The molecule has 1 heterocycles. The fourth-order valence-corrected chi connectivity index (χ4v) is 3.11. The van der Waals surface area contributed by atoms with Crippen LogP contribution < -0.4 is 5.32 Å². The molecule has 0 unspecified atom stereocenters. The van der Waals surface area contributed by atoms with Gasteiger partial charge in [0.25, 0.3) is 5.91 Å². The van der Waals surface area contributed by atoms with Crippen molar-refractivity contribution in [3.8, 4) is 0 Å². The molecule has 0 bridgehead atoms. The maximum absolute atomic E-state index is 12.1. The summed E-state index contributed by atoms with van der Waals surface area (Å²) >= 11 is 1.36. The third-order valence-corrected chi connectivity index (χ3v) is 4.25. The number of amides is 1. The quantitative estimate of drug-likeness (QED) is 0.878. The zero-order chi connectivity index (χ0) is 13.4. The van der Waals surface area contributed by atoms with E-state index in [4.69, 9.17) is 0 Å². The average molecular weight is 274 g/mol. The van der Waals surface area contributed by atoms with Gasteiger partial charge in [-0.05, 0) is 18.1 Å². The first-order chi connectivity index (χ1) is 9.15. The highest BCUT2D eigenvalue weighted by atomic mass is 32.1. The third kappa shape index (κ3) is 2.27. The van der Waals surface area contributed by atoms with Crippen molar-refractivity contribution >= 4 is 17.2 Å². The lowest BCUT2D eigenvalue weighted by Crippen LogP contribution is -2.33. The largest absolute Gasteiger partial charge is 0.390 e. The van der Waals surface area contributed by atoms with E-state index in [1.54, 1.807) is 6.20 Å². The van der Waals surface area contributed by atoms with Crippen LogP contribution in [0.3, 0.4) is 0 Å². The Morgan fingerprint density at radius 3 is 3.00 bits per heavy atom. The molecule has 1 aromatic heterocycles. The first kappa shape index (κ1) is 12.3. The smallest absolute Gasteiger partial charge is 0.263 e. The molecule has 1 aliphatic carbocycles. The van der Waals surface area contributed by atoms with Crippen molar-refractivity contribution in [2.75, 3.05) is 0 Å². The predicted octanol–water partition coefficient (Wildman–Crippen LogP) is 1.84. The highest BCUT2D eigenvalue weighted by Gasteiger charge is 2.32. The van der Waals surface area contributed by atoms with Crippen LogP contribution in [0.1, 0.15) is 31.8 Å². The highest BCUT2D eigenvalue weighted by molar-refractivity contribution is 7.13. The fourth-order valence-electron chi connectivity index (χ4n) is 2.43. The van der Waals surface area contributed by atoms with Crippen LogP contribution in [0.15, 0.2) is 30.5 Å². The Morgan fingerprint density at radius 2 is 2.26 bits per heavy atom. The number of carbonyl (C=O) groups excluding carboxylic acids is 1. The number of aryl methyl sites for hydroxylation is 1. The van der Waals surface area contributed by atoms with Crippen molar-refractivity contribution in [1.29, 1.82) is 0 Å². The van der Waals surface area contributed by atoms with Gasteiger partial charge in [-0.3, -0.25) is 4.79 Å². The van der Waals surface area contributed by atoms with Crippen LogP contribution in [0.5, 0.6) is 0 Å². The van der Waals surface area contributed by atoms with Gasteiger partial charge in [-0.25, -0.2) is 4.98 Å². The van der Waals surface area contributed by atoms with Gasteiger partial charge in [-0.2, -0.15) is 0 Å². The van der Waals surface area contributed by atoms with E-state index in [9.17, 15) is 9.90 Å². The van der Waals surface area contributed by atoms with Crippen molar-refractivity contribution in [1.82, 2.24) is 10.3 Å². The van der Waals surface area contributed by atoms with Crippen molar-refractivity contribution in [3.05, 3.63) is 51.5 Å². The van der Waals surface area contributed by atoms with E-state index in [-0.39, 0.29) is 11.9 Å². The van der Waals surface area contributed by atoms with Crippen LogP contribution in [0.25, 0.3) is 0 Å². The molecule has 0 saturated carbocycles. The summed E-state index contributed by atoms with van der Waals surface area (Å²) in [4.78, 5) is 16.8. The van der Waals surface area contributed by atoms with E-state index in [0.717, 1.165) is 16.1 Å². The summed E-state index contributed by atoms with van der Waals surface area (Å²) in [6.07, 6.45) is 1.60. The second-order valence-electron chi connectivity index (χ2n) is 4.66.